The molecule has 0 spiro atoms. The van der Waals surface area contributed by atoms with Gasteiger partial charge in [0.1, 0.15) is 0 Å². The third-order valence-corrected chi connectivity index (χ3v) is 4.68. The van der Waals surface area contributed by atoms with Gasteiger partial charge in [-0.1, -0.05) is 43.2 Å². The Balaban J connectivity index is 1.68. The number of hydrogen-bond acceptors (Lipinski definition) is 4. The Morgan fingerprint density at radius 1 is 1.00 bits per heavy atom. The van der Waals surface area contributed by atoms with Crippen molar-refractivity contribution in [2.24, 2.45) is 0 Å². The van der Waals surface area contributed by atoms with Gasteiger partial charge in [0, 0.05) is 26.2 Å². The maximum Gasteiger partial charge on any atom is 0.274 e. The highest BCUT2D eigenvalue weighted by atomic mass is 16.2. The summed E-state index contributed by atoms with van der Waals surface area (Å²) in [5.41, 5.74) is 1.68. The van der Waals surface area contributed by atoms with Crippen LogP contribution in [0.4, 0.5) is 5.82 Å². The van der Waals surface area contributed by atoms with Crippen molar-refractivity contribution in [3.8, 4) is 0 Å². The van der Waals surface area contributed by atoms with Crippen molar-refractivity contribution in [1.82, 2.24) is 15.1 Å². The topological polar surface area (TPSA) is 49.3 Å². The lowest BCUT2D eigenvalue weighted by Gasteiger charge is -2.22. The Hall–Kier alpha value is -2.43. The van der Waals surface area contributed by atoms with E-state index in [9.17, 15) is 4.79 Å². The van der Waals surface area contributed by atoms with Gasteiger partial charge in [-0.2, -0.15) is 0 Å². The zero-order chi connectivity index (χ0) is 17.5. The maximum absolute atomic E-state index is 12.6. The van der Waals surface area contributed by atoms with Crippen LogP contribution in [0.2, 0.25) is 0 Å². The molecule has 1 saturated heterocycles. The highest BCUT2D eigenvalue weighted by Gasteiger charge is 2.19. The van der Waals surface area contributed by atoms with E-state index in [1.807, 2.05) is 35.2 Å². The van der Waals surface area contributed by atoms with Crippen molar-refractivity contribution < 1.29 is 4.79 Å². The van der Waals surface area contributed by atoms with Gasteiger partial charge in [0.15, 0.2) is 11.5 Å². The monoisotopic (exact) mass is 338 g/mol. The van der Waals surface area contributed by atoms with Crippen molar-refractivity contribution in [3.05, 3.63) is 53.7 Å². The fraction of sp³-hybridized carbons (Fsp3) is 0.450. The first-order valence-corrected chi connectivity index (χ1v) is 9.20. The first-order valence-electron chi connectivity index (χ1n) is 9.20. The summed E-state index contributed by atoms with van der Waals surface area (Å²) in [7, 11) is 0. The number of rotatable bonds is 5. The number of nitrogens with zero attached hydrogens (tertiary/aromatic N) is 4. The number of amides is 1. The number of carbonyl (C=O) groups excluding carboxylic acids is 1. The third-order valence-electron chi connectivity index (χ3n) is 4.68. The van der Waals surface area contributed by atoms with Crippen LogP contribution in [-0.2, 0) is 6.54 Å². The van der Waals surface area contributed by atoms with Crippen molar-refractivity contribution in [2.45, 2.75) is 39.2 Å². The number of anilines is 1. The second-order valence-corrected chi connectivity index (χ2v) is 6.48. The summed E-state index contributed by atoms with van der Waals surface area (Å²) in [6, 6.07) is 14.0. The van der Waals surface area contributed by atoms with Crippen LogP contribution in [0.5, 0.6) is 0 Å². The van der Waals surface area contributed by atoms with Crippen LogP contribution in [0.1, 0.15) is 48.7 Å². The Morgan fingerprint density at radius 2 is 1.72 bits per heavy atom. The number of aromatic nitrogens is 2. The standard InChI is InChI=1S/C20H26N4O/c1-2-23(16-17-10-6-5-7-11-17)19-13-12-18(21-22-19)20(25)24-14-8-3-4-9-15-24/h5-7,10-13H,2-4,8-9,14-16H2,1H3. The predicted molar refractivity (Wildman–Crippen MR) is 99.6 cm³/mol. The Bertz CT molecular complexity index is 664. The number of likely N-dealkylation sites (tertiary alicyclic amines) is 1. The highest BCUT2D eigenvalue weighted by Crippen LogP contribution is 2.16. The lowest BCUT2D eigenvalue weighted by Crippen LogP contribution is -2.32. The van der Waals surface area contributed by atoms with Crippen molar-refractivity contribution in [3.63, 3.8) is 0 Å². The fourth-order valence-corrected chi connectivity index (χ4v) is 3.20. The molecule has 132 valence electrons. The minimum absolute atomic E-state index is 0.00654. The van der Waals surface area contributed by atoms with Gasteiger partial charge in [0.05, 0.1) is 0 Å². The van der Waals surface area contributed by atoms with Gasteiger partial charge in [0.25, 0.3) is 5.91 Å². The van der Waals surface area contributed by atoms with Gasteiger partial charge < -0.3 is 9.80 Å². The molecule has 3 rings (SSSR count). The molecule has 1 aromatic heterocycles. The summed E-state index contributed by atoms with van der Waals surface area (Å²) in [5, 5.41) is 8.53. The van der Waals surface area contributed by atoms with Crippen LogP contribution >= 0.6 is 0 Å². The lowest BCUT2D eigenvalue weighted by atomic mass is 10.2. The van der Waals surface area contributed by atoms with Crippen LogP contribution < -0.4 is 4.90 Å². The average molecular weight is 338 g/mol. The van der Waals surface area contributed by atoms with Crippen LogP contribution in [-0.4, -0.2) is 40.6 Å². The van der Waals surface area contributed by atoms with Gasteiger partial charge in [-0.25, -0.2) is 0 Å². The molecule has 2 aromatic rings. The molecule has 0 unspecified atom stereocenters. The normalized spacial score (nSPS) is 14.8. The van der Waals surface area contributed by atoms with E-state index in [2.05, 4.69) is 34.2 Å². The summed E-state index contributed by atoms with van der Waals surface area (Å²) < 4.78 is 0. The predicted octanol–water partition coefficient (Wildman–Crippen LogP) is 3.52. The Labute approximate surface area is 149 Å². The van der Waals surface area contributed by atoms with Crippen molar-refractivity contribution in [2.75, 3.05) is 24.5 Å². The van der Waals surface area contributed by atoms with Gasteiger partial charge in [-0.3, -0.25) is 4.79 Å². The largest absolute Gasteiger partial charge is 0.351 e. The quantitative estimate of drug-likeness (QED) is 0.837. The van der Waals surface area contributed by atoms with E-state index < -0.39 is 0 Å². The molecular weight excluding hydrogens is 312 g/mol. The van der Waals surface area contributed by atoms with Gasteiger partial charge in [0.2, 0.25) is 0 Å². The zero-order valence-corrected chi connectivity index (χ0v) is 14.9. The van der Waals surface area contributed by atoms with Crippen molar-refractivity contribution >= 4 is 11.7 Å². The van der Waals surface area contributed by atoms with Crippen molar-refractivity contribution in [1.29, 1.82) is 0 Å². The number of hydrogen-bond donors (Lipinski definition) is 0. The zero-order valence-electron chi connectivity index (χ0n) is 14.9. The van der Waals surface area contributed by atoms with E-state index in [0.717, 1.165) is 44.8 Å². The summed E-state index contributed by atoms with van der Waals surface area (Å²) in [6.45, 7) is 5.38. The molecule has 25 heavy (non-hydrogen) atoms. The average Bonchev–Trinajstić information content (AvgIpc) is 2.96. The molecule has 0 bridgehead atoms. The molecule has 0 saturated carbocycles. The summed E-state index contributed by atoms with van der Waals surface area (Å²) in [5.74, 6) is 0.811. The molecule has 1 amide bonds. The molecule has 0 aliphatic carbocycles. The molecule has 0 atom stereocenters. The van der Waals surface area contributed by atoms with Crippen LogP contribution in [0.25, 0.3) is 0 Å². The number of carbonyl (C=O) groups is 1. The molecule has 0 N–H and O–H groups in total. The van der Waals surface area contributed by atoms with E-state index >= 15 is 0 Å². The Morgan fingerprint density at radius 3 is 2.32 bits per heavy atom. The minimum Gasteiger partial charge on any atom is -0.351 e. The van der Waals surface area contributed by atoms with Gasteiger partial charge >= 0.3 is 0 Å². The summed E-state index contributed by atoms with van der Waals surface area (Å²) >= 11 is 0. The van der Waals surface area contributed by atoms with Crippen LogP contribution in [0, 0.1) is 0 Å². The fourth-order valence-electron chi connectivity index (χ4n) is 3.20. The highest BCUT2D eigenvalue weighted by molar-refractivity contribution is 5.92. The summed E-state index contributed by atoms with van der Waals surface area (Å²) in [4.78, 5) is 16.7. The molecule has 0 radical (unpaired) electrons. The SMILES string of the molecule is CCN(Cc1ccccc1)c1ccc(C(=O)N2CCCCCC2)nn1. The second kappa shape index (κ2) is 8.60. The Kier molecular flexibility index (Phi) is 5.99. The first-order chi connectivity index (χ1) is 12.3. The maximum atomic E-state index is 12.6. The molecule has 1 aliphatic rings. The molecular formula is C20H26N4O. The van der Waals surface area contributed by atoms with E-state index in [0.29, 0.717) is 5.69 Å². The molecule has 1 aliphatic heterocycles. The summed E-state index contributed by atoms with van der Waals surface area (Å²) in [6.07, 6.45) is 4.58. The van der Waals surface area contributed by atoms with E-state index in [4.69, 9.17) is 0 Å². The van der Waals surface area contributed by atoms with E-state index in [1.165, 1.54) is 18.4 Å². The smallest absolute Gasteiger partial charge is 0.274 e. The molecule has 1 fully saturated rings. The second-order valence-electron chi connectivity index (χ2n) is 6.48. The first kappa shape index (κ1) is 17.4. The lowest BCUT2D eigenvalue weighted by molar-refractivity contribution is 0.0754. The van der Waals surface area contributed by atoms with Crippen LogP contribution in [0.3, 0.4) is 0 Å². The molecule has 5 heteroatoms. The number of benzene rings is 1. The molecule has 1 aromatic carbocycles. The third kappa shape index (κ3) is 4.56. The molecule has 5 nitrogen and oxygen atoms in total. The van der Waals surface area contributed by atoms with E-state index in [1.54, 1.807) is 0 Å². The van der Waals surface area contributed by atoms with Crippen LogP contribution in [0.15, 0.2) is 42.5 Å². The van der Waals surface area contributed by atoms with E-state index in [-0.39, 0.29) is 5.91 Å². The van der Waals surface area contributed by atoms with Gasteiger partial charge in [-0.05, 0) is 37.5 Å². The molecule has 2 heterocycles. The van der Waals surface area contributed by atoms with Gasteiger partial charge in [-0.15, -0.1) is 10.2 Å². The minimum atomic E-state index is 0.00654.